The Hall–Kier alpha value is -0.870. The first kappa shape index (κ1) is 9.68. The molecule has 1 unspecified atom stereocenters. The van der Waals surface area contributed by atoms with E-state index in [1.807, 2.05) is 11.0 Å². The van der Waals surface area contributed by atoms with Crippen molar-refractivity contribution in [2.24, 2.45) is 0 Å². The average molecular weight is 214 g/mol. The fourth-order valence-electron chi connectivity index (χ4n) is 1.67. The molecule has 0 amide bonds. The molecule has 4 nitrogen and oxygen atoms in total. The lowest BCUT2D eigenvalue weighted by molar-refractivity contribution is 0.154. The molecule has 0 aliphatic carbocycles. The normalized spacial score (nSPS) is 22.4. The minimum Gasteiger partial charge on any atom is -0.391 e. The largest absolute Gasteiger partial charge is 0.391 e. The summed E-state index contributed by atoms with van der Waals surface area (Å²) in [5, 5.41) is 9.74. The van der Waals surface area contributed by atoms with Gasteiger partial charge in [-0.25, -0.2) is 9.97 Å². The molecular formula is C9H12ClN3O. The van der Waals surface area contributed by atoms with Gasteiger partial charge < -0.3 is 10.0 Å². The van der Waals surface area contributed by atoms with Crippen LogP contribution in [0.15, 0.2) is 12.3 Å². The van der Waals surface area contributed by atoms with Crippen LogP contribution in [-0.4, -0.2) is 34.3 Å². The van der Waals surface area contributed by atoms with Crippen molar-refractivity contribution in [3.05, 3.63) is 17.5 Å². The molecule has 1 atom stereocenters. The number of aliphatic hydroxyl groups excluding tert-OH is 1. The molecule has 0 spiro atoms. The summed E-state index contributed by atoms with van der Waals surface area (Å²) in [6.07, 6.45) is 3.24. The van der Waals surface area contributed by atoms with Gasteiger partial charge in [0, 0.05) is 19.3 Å². The number of hydrogen-bond donors (Lipinski definition) is 1. The Labute approximate surface area is 87.5 Å². The lowest BCUT2D eigenvalue weighted by atomic mass is 10.1. The van der Waals surface area contributed by atoms with E-state index >= 15 is 0 Å². The fourth-order valence-corrected chi connectivity index (χ4v) is 1.81. The Balaban J connectivity index is 2.14. The fraction of sp³-hybridized carbons (Fsp3) is 0.556. The number of anilines is 1. The van der Waals surface area contributed by atoms with Crippen molar-refractivity contribution in [2.45, 2.75) is 18.9 Å². The van der Waals surface area contributed by atoms with Gasteiger partial charge in [-0.2, -0.15) is 0 Å². The SMILES string of the molecule is OC1CCCN(c2ccnc(Cl)n2)C1. The van der Waals surface area contributed by atoms with Gasteiger partial charge in [0.05, 0.1) is 6.10 Å². The second kappa shape index (κ2) is 4.11. The maximum absolute atomic E-state index is 9.49. The maximum atomic E-state index is 9.49. The molecule has 1 fully saturated rings. The van der Waals surface area contributed by atoms with Crippen LogP contribution in [0.25, 0.3) is 0 Å². The highest BCUT2D eigenvalue weighted by Crippen LogP contribution is 2.18. The zero-order valence-corrected chi connectivity index (χ0v) is 8.48. The summed E-state index contributed by atoms with van der Waals surface area (Å²) in [6.45, 7) is 1.55. The highest BCUT2D eigenvalue weighted by atomic mass is 35.5. The van der Waals surface area contributed by atoms with Gasteiger partial charge in [-0.3, -0.25) is 0 Å². The van der Waals surface area contributed by atoms with Gasteiger partial charge in [0.2, 0.25) is 5.28 Å². The number of hydrogen-bond acceptors (Lipinski definition) is 4. The molecular weight excluding hydrogens is 202 g/mol. The van der Waals surface area contributed by atoms with Gasteiger partial charge in [0.15, 0.2) is 0 Å². The number of rotatable bonds is 1. The van der Waals surface area contributed by atoms with Crippen molar-refractivity contribution in [1.29, 1.82) is 0 Å². The third-order valence-electron chi connectivity index (χ3n) is 2.33. The maximum Gasteiger partial charge on any atom is 0.224 e. The Bertz CT molecular complexity index is 321. The number of aliphatic hydroxyl groups is 1. The molecule has 1 aromatic rings. The first-order chi connectivity index (χ1) is 6.75. The molecule has 2 heterocycles. The third-order valence-corrected chi connectivity index (χ3v) is 2.51. The van der Waals surface area contributed by atoms with Crippen molar-refractivity contribution >= 4 is 17.4 Å². The summed E-state index contributed by atoms with van der Waals surface area (Å²) in [5.41, 5.74) is 0. The summed E-state index contributed by atoms with van der Waals surface area (Å²) in [6, 6.07) is 1.81. The van der Waals surface area contributed by atoms with E-state index in [1.54, 1.807) is 6.20 Å². The molecule has 1 N–H and O–H groups in total. The van der Waals surface area contributed by atoms with Crippen LogP contribution in [0.1, 0.15) is 12.8 Å². The summed E-state index contributed by atoms with van der Waals surface area (Å²) < 4.78 is 0. The van der Waals surface area contributed by atoms with Gasteiger partial charge in [-0.05, 0) is 30.5 Å². The van der Waals surface area contributed by atoms with Crippen molar-refractivity contribution in [3.8, 4) is 0 Å². The molecule has 1 aliphatic rings. The van der Waals surface area contributed by atoms with Gasteiger partial charge in [-0.1, -0.05) is 0 Å². The zero-order valence-electron chi connectivity index (χ0n) is 7.73. The van der Waals surface area contributed by atoms with Gasteiger partial charge in [0.25, 0.3) is 0 Å². The molecule has 5 heteroatoms. The van der Waals surface area contributed by atoms with Crippen molar-refractivity contribution in [1.82, 2.24) is 9.97 Å². The van der Waals surface area contributed by atoms with Crippen molar-refractivity contribution in [3.63, 3.8) is 0 Å². The second-order valence-corrected chi connectivity index (χ2v) is 3.76. The first-order valence-corrected chi connectivity index (χ1v) is 5.05. The van der Waals surface area contributed by atoms with Gasteiger partial charge in [0.1, 0.15) is 5.82 Å². The van der Waals surface area contributed by atoms with E-state index in [0.29, 0.717) is 6.54 Å². The molecule has 14 heavy (non-hydrogen) atoms. The van der Waals surface area contributed by atoms with Crippen LogP contribution in [0.3, 0.4) is 0 Å². The molecule has 1 aliphatic heterocycles. The smallest absolute Gasteiger partial charge is 0.224 e. The number of piperidine rings is 1. The number of halogens is 1. The Kier molecular flexibility index (Phi) is 2.84. The topological polar surface area (TPSA) is 49.2 Å². The Morgan fingerprint density at radius 3 is 3.14 bits per heavy atom. The van der Waals surface area contributed by atoms with E-state index in [9.17, 15) is 5.11 Å². The van der Waals surface area contributed by atoms with E-state index in [2.05, 4.69) is 9.97 Å². The summed E-state index contributed by atoms with van der Waals surface area (Å²) in [5.74, 6) is 0.795. The number of β-amino-alcohol motifs (C(OH)–C–C–N with tert-alkyl or cyclic N) is 1. The quantitative estimate of drug-likeness (QED) is 0.710. The molecule has 76 valence electrons. The van der Waals surface area contributed by atoms with Crippen LogP contribution in [-0.2, 0) is 0 Å². The van der Waals surface area contributed by atoms with Crippen LogP contribution in [0.2, 0.25) is 5.28 Å². The number of aromatic nitrogens is 2. The van der Waals surface area contributed by atoms with Crippen LogP contribution >= 0.6 is 11.6 Å². The van der Waals surface area contributed by atoms with Crippen LogP contribution in [0.4, 0.5) is 5.82 Å². The molecule has 0 bridgehead atoms. The predicted octanol–water partition coefficient (Wildman–Crippen LogP) is 1.09. The Morgan fingerprint density at radius 2 is 2.43 bits per heavy atom. The van der Waals surface area contributed by atoms with Gasteiger partial charge in [-0.15, -0.1) is 0 Å². The molecule has 0 radical (unpaired) electrons. The second-order valence-electron chi connectivity index (χ2n) is 3.43. The van der Waals surface area contributed by atoms with Crippen molar-refractivity contribution in [2.75, 3.05) is 18.0 Å². The third kappa shape index (κ3) is 2.13. The monoisotopic (exact) mass is 213 g/mol. The highest BCUT2D eigenvalue weighted by molar-refractivity contribution is 6.28. The predicted molar refractivity (Wildman–Crippen MR) is 54.5 cm³/mol. The lowest BCUT2D eigenvalue weighted by Gasteiger charge is -2.30. The van der Waals surface area contributed by atoms with E-state index in [-0.39, 0.29) is 11.4 Å². The number of nitrogens with zero attached hydrogens (tertiary/aromatic N) is 3. The van der Waals surface area contributed by atoms with E-state index in [4.69, 9.17) is 11.6 Å². The minimum atomic E-state index is -0.252. The van der Waals surface area contributed by atoms with E-state index in [1.165, 1.54) is 0 Å². The van der Waals surface area contributed by atoms with Crippen LogP contribution in [0.5, 0.6) is 0 Å². The molecule has 2 rings (SSSR count). The minimum absolute atomic E-state index is 0.252. The van der Waals surface area contributed by atoms with Crippen LogP contribution in [0, 0.1) is 0 Å². The summed E-state index contributed by atoms with van der Waals surface area (Å²) in [4.78, 5) is 9.95. The Morgan fingerprint density at radius 1 is 1.57 bits per heavy atom. The highest BCUT2D eigenvalue weighted by Gasteiger charge is 2.18. The van der Waals surface area contributed by atoms with Crippen LogP contribution < -0.4 is 4.90 Å². The van der Waals surface area contributed by atoms with Gasteiger partial charge >= 0.3 is 0 Å². The van der Waals surface area contributed by atoms with Crippen molar-refractivity contribution < 1.29 is 5.11 Å². The average Bonchev–Trinajstić information content (AvgIpc) is 2.18. The van der Waals surface area contributed by atoms with E-state index in [0.717, 1.165) is 25.2 Å². The molecule has 1 aromatic heterocycles. The standard InChI is InChI=1S/C9H12ClN3O/c10-9-11-4-3-8(12-9)13-5-1-2-7(14)6-13/h3-4,7,14H,1-2,5-6H2. The zero-order chi connectivity index (χ0) is 9.97. The molecule has 1 saturated heterocycles. The summed E-state index contributed by atoms with van der Waals surface area (Å²) >= 11 is 5.69. The molecule has 0 aromatic carbocycles. The first-order valence-electron chi connectivity index (χ1n) is 4.67. The summed E-state index contributed by atoms with van der Waals surface area (Å²) in [7, 11) is 0. The molecule has 0 saturated carbocycles. The lowest BCUT2D eigenvalue weighted by Crippen LogP contribution is -2.38. The van der Waals surface area contributed by atoms with E-state index < -0.39 is 0 Å².